The largest absolute Gasteiger partial charge is 0.350 e. The lowest BCUT2D eigenvalue weighted by Crippen LogP contribution is -2.37. The number of carbonyl (C=O) groups excluding carboxylic acids is 1. The summed E-state index contributed by atoms with van der Waals surface area (Å²) in [4.78, 5) is 11.8. The van der Waals surface area contributed by atoms with Crippen LogP contribution in [0.2, 0.25) is 0 Å². The van der Waals surface area contributed by atoms with Crippen LogP contribution in [0.25, 0.3) is 0 Å². The van der Waals surface area contributed by atoms with Crippen LogP contribution < -0.4 is 11.1 Å². The van der Waals surface area contributed by atoms with E-state index in [0.717, 1.165) is 12.8 Å². The third-order valence-electron chi connectivity index (χ3n) is 2.62. The second-order valence-corrected chi connectivity index (χ2v) is 4.22. The van der Waals surface area contributed by atoms with E-state index in [0.29, 0.717) is 17.7 Å². The molecule has 1 rings (SSSR count). The third kappa shape index (κ3) is 4.15. The van der Waals surface area contributed by atoms with Crippen LogP contribution in [0.3, 0.4) is 0 Å². The number of rotatable bonds is 5. The van der Waals surface area contributed by atoms with Crippen molar-refractivity contribution in [3.8, 4) is 0 Å². The molecule has 0 spiro atoms. The molecule has 3 nitrogen and oxygen atoms in total. The van der Waals surface area contributed by atoms with Crippen molar-refractivity contribution in [2.75, 3.05) is 6.54 Å². The minimum atomic E-state index is -0.332. The van der Waals surface area contributed by atoms with Crippen LogP contribution in [0.5, 0.6) is 0 Å². The van der Waals surface area contributed by atoms with Crippen LogP contribution in [0.15, 0.2) is 18.2 Å². The fourth-order valence-corrected chi connectivity index (χ4v) is 1.67. The summed E-state index contributed by atoms with van der Waals surface area (Å²) in [5, 5.41) is 2.76. The quantitative estimate of drug-likeness (QED) is 0.824. The Balaban J connectivity index is 2.58. The van der Waals surface area contributed by atoms with E-state index in [2.05, 4.69) is 5.32 Å². The number of amides is 1. The Labute approximate surface area is 101 Å². The first-order chi connectivity index (χ1) is 8.04. The van der Waals surface area contributed by atoms with Gasteiger partial charge in [-0.1, -0.05) is 13.3 Å². The van der Waals surface area contributed by atoms with Crippen molar-refractivity contribution in [3.63, 3.8) is 0 Å². The molecule has 3 N–H and O–H groups in total. The van der Waals surface area contributed by atoms with Crippen LogP contribution in [-0.2, 0) is 0 Å². The van der Waals surface area contributed by atoms with Gasteiger partial charge in [0.05, 0.1) is 0 Å². The maximum absolute atomic E-state index is 12.9. The molecule has 4 heteroatoms. The van der Waals surface area contributed by atoms with E-state index in [9.17, 15) is 9.18 Å². The molecule has 0 radical (unpaired) electrons. The van der Waals surface area contributed by atoms with Crippen molar-refractivity contribution in [1.29, 1.82) is 0 Å². The fraction of sp³-hybridized carbons (Fsp3) is 0.462. The smallest absolute Gasteiger partial charge is 0.251 e. The summed E-state index contributed by atoms with van der Waals surface area (Å²) < 4.78 is 12.9. The van der Waals surface area contributed by atoms with Gasteiger partial charge in [0, 0.05) is 18.2 Å². The summed E-state index contributed by atoms with van der Waals surface area (Å²) in [5.41, 5.74) is 6.92. The Hall–Kier alpha value is -1.42. The first kappa shape index (κ1) is 13.6. The van der Waals surface area contributed by atoms with E-state index in [1.54, 1.807) is 6.92 Å². The number of hydrogen-bond donors (Lipinski definition) is 2. The van der Waals surface area contributed by atoms with Gasteiger partial charge in [-0.25, -0.2) is 4.39 Å². The van der Waals surface area contributed by atoms with E-state index >= 15 is 0 Å². The maximum Gasteiger partial charge on any atom is 0.251 e. The summed E-state index contributed by atoms with van der Waals surface area (Å²) >= 11 is 0. The van der Waals surface area contributed by atoms with Gasteiger partial charge in [-0.05, 0) is 37.1 Å². The monoisotopic (exact) mass is 238 g/mol. The van der Waals surface area contributed by atoms with Crippen molar-refractivity contribution < 1.29 is 9.18 Å². The second-order valence-electron chi connectivity index (χ2n) is 4.22. The molecule has 0 saturated heterocycles. The molecule has 0 aliphatic carbocycles. The Bertz CT molecular complexity index is 393. The van der Waals surface area contributed by atoms with Crippen LogP contribution in [0.4, 0.5) is 4.39 Å². The van der Waals surface area contributed by atoms with Crippen LogP contribution >= 0.6 is 0 Å². The molecule has 0 saturated carbocycles. The van der Waals surface area contributed by atoms with E-state index in [1.165, 1.54) is 18.2 Å². The Morgan fingerprint density at radius 1 is 1.53 bits per heavy atom. The Morgan fingerprint density at radius 3 is 2.82 bits per heavy atom. The number of nitrogens with two attached hydrogens (primary N) is 1. The molecule has 0 bridgehead atoms. The molecular weight excluding hydrogens is 219 g/mol. The zero-order chi connectivity index (χ0) is 12.8. The molecule has 1 aromatic carbocycles. The maximum atomic E-state index is 12.9. The molecular formula is C13H19FN2O. The summed E-state index contributed by atoms with van der Waals surface area (Å²) in [6, 6.07) is 4.10. The standard InChI is InChI=1S/C13H19FN2O/c1-3-4-11(15)8-16-13(17)12-6-5-10(14)7-9(12)2/h5-7,11H,3-4,8,15H2,1-2H3,(H,16,17). The minimum Gasteiger partial charge on any atom is -0.350 e. The van der Waals surface area contributed by atoms with E-state index < -0.39 is 0 Å². The molecule has 0 aromatic heterocycles. The first-order valence-corrected chi connectivity index (χ1v) is 5.84. The molecule has 0 aliphatic rings. The van der Waals surface area contributed by atoms with Crippen molar-refractivity contribution in [3.05, 3.63) is 35.1 Å². The average molecular weight is 238 g/mol. The lowest BCUT2D eigenvalue weighted by atomic mass is 10.1. The summed E-state index contributed by atoms with van der Waals surface area (Å²) in [7, 11) is 0. The second kappa shape index (κ2) is 6.35. The minimum absolute atomic E-state index is 0.0234. The molecule has 1 unspecified atom stereocenters. The molecule has 1 atom stereocenters. The fourth-order valence-electron chi connectivity index (χ4n) is 1.67. The zero-order valence-electron chi connectivity index (χ0n) is 10.3. The highest BCUT2D eigenvalue weighted by molar-refractivity contribution is 5.95. The number of halogens is 1. The first-order valence-electron chi connectivity index (χ1n) is 5.84. The van der Waals surface area contributed by atoms with Crippen LogP contribution in [0, 0.1) is 12.7 Å². The van der Waals surface area contributed by atoms with Gasteiger partial charge < -0.3 is 11.1 Å². The van der Waals surface area contributed by atoms with Crippen molar-refractivity contribution >= 4 is 5.91 Å². The van der Waals surface area contributed by atoms with Crippen molar-refractivity contribution in [1.82, 2.24) is 5.32 Å². The number of aryl methyl sites for hydroxylation is 1. The van der Waals surface area contributed by atoms with Crippen LogP contribution in [-0.4, -0.2) is 18.5 Å². The highest BCUT2D eigenvalue weighted by atomic mass is 19.1. The van der Waals surface area contributed by atoms with E-state index in [4.69, 9.17) is 5.73 Å². The van der Waals surface area contributed by atoms with Gasteiger partial charge in [0.2, 0.25) is 0 Å². The molecule has 1 aromatic rings. The third-order valence-corrected chi connectivity index (χ3v) is 2.62. The van der Waals surface area contributed by atoms with Crippen molar-refractivity contribution in [2.45, 2.75) is 32.7 Å². The topological polar surface area (TPSA) is 55.1 Å². The van der Waals surface area contributed by atoms with Gasteiger partial charge in [-0.2, -0.15) is 0 Å². The molecule has 0 heterocycles. The summed E-state index contributed by atoms with van der Waals surface area (Å²) in [6.45, 7) is 4.21. The van der Waals surface area contributed by atoms with Gasteiger partial charge in [0.15, 0.2) is 0 Å². The Kier molecular flexibility index (Phi) is 5.10. The number of hydrogen-bond acceptors (Lipinski definition) is 2. The van der Waals surface area contributed by atoms with E-state index in [-0.39, 0.29) is 17.8 Å². The average Bonchev–Trinajstić information content (AvgIpc) is 2.26. The molecule has 0 aliphatic heterocycles. The van der Waals surface area contributed by atoms with Gasteiger partial charge in [-0.15, -0.1) is 0 Å². The predicted octanol–water partition coefficient (Wildman–Crippen LogP) is 1.99. The van der Waals surface area contributed by atoms with Gasteiger partial charge in [-0.3, -0.25) is 4.79 Å². The highest BCUT2D eigenvalue weighted by Gasteiger charge is 2.10. The molecule has 1 amide bonds. The van der Waals surface area contributed by atoms with Gasteiger partial charge in [0.1, 0.15) is 5.82 Å². The molecule has 17 heavy (non-hydrogen) atoms. The van der Waals surface area contributed by atoms with Gasteiger partial charge in [0.25, 0.3) is 5.91 Å². The summed E-state index contributed by atoms with van der Waals surface area (Å²) in [5.74, 6) is -0.532. The molecule has 0 fully saturated rings. The van der Waals surface area contributed by atoms with Gasteiger partial charge >= 0.3 is 0 Å². The van der Waals surface area contributed by atoms with Crippen molar-refractivity contribution in [2.24, 2.45) is 5.73 Å². The summed E-state index contributed by atoms with van der Waals surface area (Å²) in [6.07, 6.45) is 1.87. The molecule has 94 valence electrons. The lowest BCUT2D eigenvalue weighted by Gasteiger charge is -2.12. The lowest BCUT2D eigenvalue weighted by molar-refractivity contribution is 0.0950. The number of nitrogens with one attached hydrogen (secondary N) is 1. The zero-order valence-corrected chi connectivity index (χ0v) is 10.3. The predicted molar refractivity (Wildman–Crippen MR) is 66.4 cm³/mol. The van der Waals surface area contributed by atoms with Crippen LogP contribution in [0.1, 0.15) is 35.7 Å². The normalized spacial score (nSPS) is 12.2. The van der Waals surface area contributed by atoms with E-state index in [1.807, 2.05) is 6.92 Å². The number of benzene rings is 1. The SMILES string of the molecule is CCCC(N)CNC(=O)c1ccc(F)cc1C. The highest BCUT2D eigenvalue weighted by Crippen LogP contribution is 2.09. The Morgan fingerprint density at radius 2 is 2.24 bits per heavy atom. The number of carbonyl (C=O) groups is 1.